The third-order valence-corrected chi connectivity index (χ3v) is 7.45. The molecule has 3 fully saturated rings. The first-order chi connectivity index (χ1) is 16.9. The fourth-order valence-corrected chi connectivity index (χ4v) is 5.85. The number of aromatic amines is 1. The molecule has 4 aromatic rings. The molecule has 2 bridgehead atoms. The first-order valence-electron chi connectivity index (χ1n) is 11.5. The molecule has 11 heteroatoms. The van der Waals surface area contributed by atoms with E-state index < -0.39 is 22.6 Å². The highest BCUT2D eigenvalue weighted by molar-refractivity contribution is 5.98. The Morgan fingerprint density at radius 2 is 1.94 bits per heavy atom. The molecule has 3 heterocycles. The van der Waals surface area contributed by atoms with Crippen molar-refractivity contribution >= 4 is 39.4 Å². The van der Waals surface area contributed by atoms with Crippen molar-refractivity contribution in [2.24, 2.45) is 17.8 Å². The Kier molecular flexibility index (Phi) is 4.87. The summed E-state index contributed by atoms with van der Waals surface area (Å²) < 4.78 is 14.0. The molecule has 10 nitrogen and oxygen atoms in total. The van der Waals surface area contributed by atoms with E-state index >= 15 is 0 Å². The number of fused-ring (bicyclic) bond motifs is 5. The number of non-ortho nitro benzene ring substituents is 1. The van der Waals surface area contributed by atoms with Gasteiger partial charge in [-0.15, -0.1) is 0 Å². The molecule has 0 saturated heterocycles. The number of carboxylic acids is 1. The topological polar surface area (TPSA) is 147 Å². The maximum absolute atomic E-state index is 14.0. The van der Waals surface area contributed by atoms with Gasteiger partial charge in [0.05, 0.1) is 17.0 Å². The molecule has 178 valence electrons. The maximum Gasteiger partial charge on any atom is 0.308 e. The van der Waals surface area contributed by atoms with Crippen LogP contribution in [0.4, 0.5) is 15.9 Å². The molecule has 0 amide bonds. The van der Waals surface area contributed by atoms with Gasteiger partial charge in [-0.25, -0.2) is 19.3 Å². The lowest BCUT2D eigenvalue weighted by Crippen LogP contribution is -2.51. The van der Waals surface area contributed by atoms with E-state index in [4.69, 9.17) is 0 Å². The number of halogens is 1. The monoisotopic (exact) mass is 476 g/mol. The SMILES string of the molecule is O=C(O)C1C2CCC(CC2)C1Nc1nc(-c2c[nH]c3ncc(F)cc23)nc2c([N+](=O)[O-])cccc12. The van der Waals surface area contributed by atoms with Crippen molar-refractivity contribution in [1.29, 1.82) is 0 Å². The molecule has 3 N–H and O–H groups in total. The molecule has 0 spiro atoms. The summed E-state index contributed by atoms with van der Waals surface area (Å²) in [5.41, 5.74) is 0.794. The molecule has 3 aromatic heterocycles. The van der Waals surface area contributed by atoms with Gasteiger partial charge in [0.15, 0.2) is 11.3 Å². The second-order valence-electron chi connectivity index (χ2n) is 9.29. The van der Waals surface area contributed by atoms with E-state index in [1.165, 1.54) is 12.1 Å². The van der Waals surface area contributed by atoms with Gasteiger partial charge in [-0.1, -0.05) is 6.07 Å². The van der Waals surface area contributed by atoms with Crippen LogP contribution < -0.4 is 5.32 Å². The summed E-state index contributed by atoms with van der Waals surface area (Å²) in [7, 11) is 0. The number of nitro benzene ring substituents is 1. The predicted octanol–water partition coefficient (Wildman–Crippen LogP) is 4.52. The van der Waals surface area contributed by atoms with Gasteiger partial charge in [0.1, 0.15) is 17.3 Å². The molecule has 1 aromatic carbocycles. The van der Waals surface area contributed by atoms with Crippen molar-refractivity contribution in [1.82, 2.24) is 19.9 Å². The molecule has 2 atom stereocenters. The number of para-hydroxylation sites is 1. The molecule has 35 heavy (non-hydrogen) atoms. The highest BCUT2D eigenvalue weighted by Gasteiger charge is 2.47. The summed E-state index contributed by atoms with van der Waals surface area (Å²) in [4.78, 5) is 39.6. The maximum atomic E-state index is 14.0. The Morgan fingerprint density at radius 1 is 1.17 bits per heavy atom. The highest BCUT2D eigenvalue weighted by atomic mass is 19.1. The second-order valence-corrected chi connectivity index (χ2v) is 9.29. The first-order valence-corrected chi connectivity index (χ1v) is 11.5. The van der Waals surface area contributed by atoms with Gasteiger partial charge >= 0.3 is 5.97 Å². The molecule has 0 radical (unpaired) electrons. The van der Waals surface area contributed by atoms with Crippen LogP contribution in [0.3, 0.4) is 0 Å². The van der Waals surface area contributed by atoms with E-state index in [0.29, 0.717) is 27.8 Å². The average molecular weight is 476 g/mol. The lowest BCUT2D eigenvalue weighted by molar-refractivity contribution is -0.383. The van der Waals surface area contributed by atoms with Crippen molar-refractivity contribution in [3.8, 4) is 11.4 Å². The van der Waals surface area contributed by atoms with E-state index in [-0.39, 0.29) is 34.9 Å². The van der Waals surface area contributed by atoms with Gasteiger partial charge in [-0.3, -0.25) is 14.9 Å². The van der Waals surface area contributed by atoms with Crippen LogP contribution in [-0.2, 0) is 4.79 Å². The van der Waals surface area contributed by atoms with Crippen LogP contribution in [0.1, 0.15) is 25.7 Å². The largest absolute Gasteiger partial charge is 0.481 e. The molecule has 2 unspecified atom stereocenters. The number of carbonyl (C=O) groups is 1. The highest BCUT2D eigenvalue weighted by Crippen LogP contribution is 2.47. The molecule has 3 aliphatic rings. The van der Waals surface area contributed by atoms with Gasteiger partial charge in [0, 0.05) is 34.6 Å². The lowest BCUT2D eigenvalue weighted by atomic mass is 9.61. The van der Waals surface area contributed by atoms with E-state index in [1.807, 2.05) is 0 Å². The van der Waals surface area contributed by atoms with Crippen LogP contribution in [-0.4, -0.2) is 42.0 Å². The number of anilines is 1. The van der Waals surface area contributed by atoms with Gasteiger partial charge in [-0.2, -0.15) is 0 Å². The molecular formula is C24H21FN6O4. The van der Waals surface area contributed by atoms with Crippen molar-refractivity contribution in [2.75, 3.05) is 5.32 Å². The van der Waals surface area contributed by atoms with Gasteiger partial charge < -0.3 is 15.4 Å². The standard InChI is InChI=1S/C24H21FN6O4/c25-13-8-15-16(10-27-21(15)26-9-13)23-29-20-14(2-1-3-17(20)31(34)35)22(30-23)28-19-12-6-4-11(5-7-12)18(19)24(32)33/h1-3,8-12,18-19H,4-7H2,(H,26,27)(H,32,33)(H,28,29,30). The Morgan fingerprint density at radius 3 is 2.69 bits per heavy atom. The third-order valence-electron chi connectivity index (χ3n) is 7.45. The minimum atomic E-state index is -0.848. The number of nitrogens with zero attached hydrogens (tertiary/aromatic N) is 4. The van der Waals surface area contributed by atoms with Crippen molar-refractivity contribution in [3.05, 3.63) is 52.6 Å². The third kappa shape index (κ3) is 3.46. The smallest absolute Gasteiger partial charge is 0.308 e. The van der Waals surface area contributed by atoms with Gasteiger partial charge in [-0.05, 0) is 49.7 Å². The number of benzene rings is 1. The summed E-state index contributed by atoms with van der Waals surface area (Å²) in [6, 6.07) is 5.55. The Hall–Kier alpha value is -4.15. The fourth-order valence-electron chi connectivity index (χ4n) is 5.85. The molecular weight excluding hydrogens is 455 g/mol. The second kappa shape index (κ2) is 7.97. The molecule has 3 aliphatic carbocycles. The van der Waals surface area contributed by atoms with Crippen LogP contribution >= 0.6 is 0 Å². The van der Waals surface area contributed by atoms with Crippen molar-refractivity contribution in [2.45, 2.75) is 31.7 Å². The van der Waals surface area contributed by atoms with Gasteiger partial charge in [0.25, 0.3) is 5.69 Å². The summed E-state index contributed by atoms with van der Waals surface area (Å²) in [5.74, 6) is -1.22. The zero-order chi connectivity index (χ0) is 24.3. The zero-order valence-corrected chi connectivity index (χ0v) is 18.4. The van der Waals surface area contributed by atoms with Crippen molar-refractivity contribution in [3.63, 3.8) is 0 Å². The predicted molar refractivity (Wildman–Crippen MR) is 125 cm³/mol. The number of H-pyrrole nitrogens is 1. The van der Waals surface area contributed by atoms with Crippen LogP contribution in [0.25, 0.3) is 33.3 Å². The van der Waals surface area contributed by atoms with E-state index in [1.54, 1.807) is 18.3 Å². The van der Waals surface area contributed by atoms with Crippen LogP contribution in [0.5, 0.6) is 0 Å². The Balaban J connectivity index is 1.54. The van der Waals surface area contributed by atoms with E-state index in [2.05, 4.69) is 25.3 Å². The number of rotatable bonds is 5. The number of pyridine rings is 1. The van der Waals surface area contributed by atoms with Gasteiger partial charge in [0.2, 0.25) is 0 Å². The fraction of sp³-hybridized carbons (Fsp3) is 0.333. The average Bonchev–Trinajstić information content (AvgIpc) is 3.27. The summed E-state index contributed by atoms with van der Waals surface area (Å²) >= 11 is 0. The number of nitro groups is 1. The minimum Gasteiger partial charge on any atom is -0.481 e. The normalized spacial score (nSPS) is 23.6. The summed E-state index contributed by atoms with van der Waals surface area (Å²) in [6.07, 6.45) is 6.29. The number of hydrogen-bond acceptors (Lipinski definition) is 7. The van der Waals surface area contributed by atoms with Crippen LogP contribution in [0.2, 0.25) is 0 Å². The summed E-state index contributed by atoms with van der Waals surface area (Å²) in [5, 5.41) is 26.0. The number of hydrogen-bond donors (Lipinski definition) is 3. The van der Waals surface area contributed by atoms with E-state index in [9.17, 15) is 24.4 Å². The zero-order valence-electron chi connectivity index (χ0n) is 18.4. The van der Waals surface area contributed by atoms with Crippen LogP contribution in [0, 0.1) is 33.7 Å². The number of nitrogens with one attached hydrogen (secondary N) is 2. The Labute approximate surface area is 197 Å². The minimum absolute atomic E-state index is 0.0829. The number of aromatic nitrogens is 4. The molecule has 3 saturated carbocycles. The Bertz CT molecular complexity index is 1500. The van der Waals surface area contributed by atoms with Crippen molar-refractivity contribution < 1.29 is 19.2 Å². The molecule has 0 aliphatic heterocycles. The lowest BCUT2D eigenvalue weighted by Gasteiger charge is -2.47. The quantitative estimate of drug-likeness (QED) is 0.281. The van der Waals surface area contributed by atoms with E-state index in [0.717, 1.165) is 31.9 Å². The van der Waals surface area contributed by atoms with Crippen LogP contribution in [0.15, 0.2) is 36.7 Å². The first kappa shape index (κ1) is 21.4. The summed E-state index contributed by atoms with van der Waals surface area (Å²) in [6.45, 7) is 0. The number of carboxylic acid groups (broad SMARTS) is 1. The molecule has 7 rings (SSSR count). The number of aliphatic carboxylic acids is 1.